The van der Waals surface area contributed by atoms with E-state index in [1.165, 1.54) is 0 Å². The molecule has 2 aliphatic heterocycles. The molecule has 0 radical (unpaired) electrons. The van der Waals surface area contributed by atoms with Crippen LogP contribution in [0.2, 0.25) is 0 Å². The average Bonchev–Trinajstić information content (AvgIpc) is 3.64. The molecule has 0 unspecified atom stereocenters. The number of nitrogens with two attached hydrogens (primary N) is 1. The van der Waals surface area contributed by atoms with Crippen molar-refractivity contribution in [3.05, 3.63) is 46.9 Å². The summed E-state index contributed by atoms with van der Waals surface area (Å²) in [5, 5.41) is 8.86. The Balaban J connectivity index is 1.50. The Kier molecular flexibility index (Phi) is 7.71. The Morgan fingerprint density at radius 2 is 2.00 bits per heavy atom. The molecule has 5 rings (SSSR count). The van der Waals surface area contributed by atoms with Crippen molar-refractivity contribution in [1.82, 2.24) is 24.7 Å². The first-order chi connectivity index (χ1) is 19.0. The van der Waals surface area contributed by atoms with Gasteiger partial charge in [-0.1, -0.05) is 13.0 Å². The SMILES string of the molecule is CC[C@H]1CCc2nnc(-c3cccc(N4Cc5c(cc(N(C)C(C)C)nc5[C@H](N)CCC(C)(C)[S+]=O)C4=O)n3)n21. The van der Waals surface area contributed by atoms with Gasteiger partial charge in [-0.15, -0.1) is 10.2 Å². The number of pyridine rings is 2. The van der Waals surface area contributed by atoms with Gasteiger partial charge >= 0.3 is 11.7 Å². The van der Waals surface area contributed by atoms with Crippen LogP contribution in [0.25, 0.3) is 11.5 Å². The van der Waals surface area contributed by atoms with Crippen molar-refractivity contribution in [1.29, 1.82) is 0 Å². The van der Waals surface area contributed by atoms with Crippen LogP contribution < -0.4 is 15.5 Å². The van der Waals surface area contributed by atoms with Gasteiger partial charge in [-0.2, -0.15) is 0 Å². The topological polar surface area (TPSA) is 123 Å². The van der Waals surface area contributed by atoms with Crippen LogP contribution in [-0.2, 0) is 28.8 Å². The number of aromatic nitrogens is 5. The van der Waals surface area contributed by atoms with Crippen LogP contribution in [0, 0.1) is 0 Å². The normalized spacial score (nSPS) is 17.4. The third-order valence-electron chi connectivity index (χ3n) is 8.25. The molecule has 0 fully saturated rings. The summed E-state index contributed by atoms with van der Waals surface area (Å²) >= 11 is 0.593. The maximum atomic E-state index is 13.9. The first kappa shape index (κ1) is 28.2. The van der Waals surface area contributed by atoms with Crippen LogP contribution in [-0.4, -0.2) is 48.5 Å². The van der Waals surface area contributed by atoms with Gasteiger partial charge in [0.05, 0.1) is 17.8 Å². The van der Waals surface area contributed by atoms with E-state index >= 15 is 0 Å². The first-order valence-electron chi connectivity index (χ1n) is 14.1. The highest BCUT2D eigenvalue weighted by Crippen LogP contribution is 2.37. The molecule has 2 N–H and O–H groups in total. The minimum Gasteiger partial charge on any atom is -0.357 e. The maximum Gasteiger partial charge on any atom is 0.464 e. The van der Waals surface area contributed by atoms with E-state index < -0.39 is 10.8 Å². The van der Waals surface area contributed by atoms with Crippen molar-refractivity contribution in [2.24, 2.45) is 5.73 Å². The van der Waals surface area contributed by atoms with Crippen LogP contribution in [0.3, 0.4) is 0 Å². The second-order valence-corrected chi connectivity index (χ2v) is 13.0. The smallest absolute Gasteiger partial charge is 0.357 e. The molecular weight excluding hydrogens is 524 g/mol. The third kappa shape index (κ3) is 5.12. The lowest BCUT2D eigenvalue weighted by Crippen LogP contribution is -2.28. The zero-order valence-electron chi connectivity index (χ0n) is 24.2. The Bertz CT molecular complexity index is 1440. The van der Waals surface area contributed by atoms with E-state index in [-0.39, 0.29) is 11.9 Å². The van der Waals surface area contributed by atoms with Crippen LogP contribution in [0.1, 0.15) is 99.8 Å². The minimum atomic E-state index is -0.433. The molecule has 2 atom stereocenters. The number of aryl methyl sites for hydroxylation is 1. The zero-order chi connectivity index (χ0) is 28.8. The number of rotatable bonds is 10. The standard InChI is InChI=1S/C29H39N8O2S/c1-7-18-11-12-24-33-34-27(37(18)24)22-9-8-10-23(31-22)36-16-20-19(28(36)38)15-25(35(6)17(2)3)32-26(20)21(30)13-14-29(4,5)40-39/h8-10,15,17-18,21H,7,11-14,16,30H2,1-6H3/q+1/t18-,21+/m0/s1. The number of carbonyl (C=O) groups is 1. The number of hydrogen-bond donors (Lipinski definition) is 1. The zero-order valence-corrected chi connectivity index (χ0v) is 25.0. The van der Waals surface area contributed by atoms with Gasteiger partial charge in [-0.05, 0) is 65.2 Å². The van der Waals surface area contributed by atoms with Crippen molar-refractivity contribution in [2.75, 3.05) is 16.8 Å². The Labute approximate surface area is 239 Å². The summed E-state index contributed by atoms with van der Waals surface area (Å²) in [6.07, 6.45) is 4.22. The van der Waals surface area contributed by atoms with Crippen molar-refractivity contribution in [3.8, 4) is 11.5 Å². The van der Waals surface area contributed by atoms with E-state index in [0.717, 1.165) is 36.5 Å². The van der Waals surface area contributed by atoms with Crippen molar-refractivity contribution < 1.29 is 9.00 Å². The lowest BCUT2D eigenvalue weighted by molar-refractivity contribution is 0.0996. The summed E-state index contributed by atoms with van der Waals surface area (Å²) in [5.41, 5.74) is 9.55. The summed E-state index contributed by atoms with van der Waals surface area (Å²) in [4.78, 5) is 27.5. The molecular formula is C29H39N8O2S+. The molecule has 212 valence electrons. The molecule has 11 heteroatoms. The number of fused-ring (bicyclic) bond motifs is 2. The molecule has 1 amide bonds. The highest BCUT2D eigenvalue weighted by Gasteiger charge is 2.37. The van der Waals surface area contributed by atoms with Crippen molar-refractivity contribution in [3.63, 3.8) is 0 Å². The number of amides is 1. The highest BCUT2D eigenvalue weighted by atomic mass is 32.1. The molecule has 0 aliphatic carbocycles. The predicted octanol–water partition coefficient (Wildman–Crippen LogP) is 4.62. The van der Waals surface area contributed by atoms with Gasteiger partial charge in [0.25, 0.3) is 5.91 Å². The van der Waals surface area contributed by atoms with Gasteiger partial charge in [0.1, 0.15) is 23.2 Å². The van der Waals surface area contributed by atoms with E-state index in [0.29, 0.717) is 65.7 Å². The fourth-order valence-electron chi connectivity index (χ4n) is 5.49. The molecule has 10 nitrogen and oxygen atoms in total. The van der Waals surface area contributed by atoms with E-state index in [9.17, 15) is 9.00 Å². The lowest BCUT2D eigenvalue weighted by atomic mass is 9.96. The van der Waals surface area contributed by atoms with E-state index in [1.807, 2.05) is 50.1 Å². The molecule has 40 heavy (non-hydrogen) atoms. The van der Waals surface area contributed by atoms with Crippen LogP contribution >= 0.6 is 0 Å². The highest BCUT2D eigenvalue weighted by molar-refractivity contribution is 7.67. The van der Waals surface area contributed by atoms with E-state index in [2.05, 4.69) is 35.5 Å². The largest absolute Gasteiger partial charge is 0.464 e. The number of hydrogen-bond acceptors (Lipinski definition) is 8. The third-order valence-corrected chi connectivity index (χ3v) is 8.90. The van der Waals surface area contributed by atoms with E-state index in [1.54, 1.807) is 4.90 Å². The number of nitrogens with zero attached hydrogens (tertiary/aromatic N) is 7. The number of anilines is 2. The predicted molar refractivity (Wildman–Crippen MR) is 157 cm³/mol. The van der Waals surface area contributed by atoms with Gasteiger partial charge in [0, 0.05) is 47.8 Å². The summed E-state index contributed by atoms with van der Waals surface area (Å²) in [6, 6.07) is 7.70. The van der Waals surface area contributed by atoms with Gasteiger partial charge < -0.3 is 15.2 Å². The van der Waals surface area contributed by atoms with Crippen molar-refractivity contribution >= 4 is 29.2 Å². The lowest BCUT2D eigenvalue weighted by Gasteiger charge is -2.25. The van der Waals surface area contributed by atoms with Gasteiger partial charge in [0.15, 0.2) is 5.82 Å². The fourth-order valence-corrected chi connectivity index (χ4v) is 5.69. The summed E-state index contributed by atoms with van der Waals surface area (Å²) in [7, 11) is 1.97. The van der Waals surface area contributed by atoms with Crippen LogP contribution in [0.4, 0.5) is 11.6 Å². The van der Waals surface area contributed by atoms with E-state index in [4.69, 9.17) is 15.7 Å². The monoisotopic (exact) mass is 563 g/mol. The molecule has 3 aromatic heterocycles. The molecule has 0 bridgehead atoms. The van der Waals surface area contributed by atoms with Gasteiger partial charge in [-0.3, -0.25) is 9.69 Å². The molecule has 5 heterocycles. The summed E-state index contributed by atoms with van der Waals surface area (Å²) in [6.45, 7) is 10.5. The molecule has 3 aromatic rings. The van der Waals surface area contributed by atoms with Crippen LogP contribution in [0.15, 0.2) is 24.3 Å². The molecule has 0 saturated carbocycles. The Hall–Kier alpha value is -3.31. The quantitative estimate of drug-likeness (QED) is 0.354. The number of carbonyl (C=O) groups excluding carboxylic acids is 1. The van der Waals surface area contributed by atoms with Crippen LogP contribution in [0.5, 0.6) is 0 Å². The minimum absolute atomic E-state index is 0.123. The molecule has 0 aromatic carbocycles. The fraction of sp³-hybridized carbons (Fsp3) is 0.552. The molecule has 0 spiro atoms. The maximum absolute atomic E-state index is 13.9. The molecule has 2 aliphatic rings. The first-order valence-corrected chi connectivity index (χ1v) is 14.8. The second kappa shape index (κ2) is 10.9. The van der Waals surface area contributed by atoms with Gasteiger partial charge in [-0.25, -0.2) is 9.97 Å². The van der Waals surface area contributed by atoms with Crippen molar-refractivity contribution in [2.45, 2.75) is 96.1 Å². The summed E-state index contributed by atoms with van der Waals surface area (Å²) < 4.78 is 13.3. The molecule has 0 saturated heterocycles. The van der Waals surface area contributed by atoms with Gasteiger partial charge in [0.2, 0.25) is 4.75 Å². The Morgan fingerprint density at radius 3 is 2.70 bits per heavy atom. The Morgan fingerprint density at radius 1 is 1.23 bits per heavy atom. The average molecular weight is 564 g/mol. The second-order valence-electron chi connectivity index (χ2n) is 11.8. The summed E-state index contributed by atoms with van der Waals surface area (Å²) in [5.74, 6) is 2.88.